The molecular weight excluding hydrogens is 252 g/mol. The van der Waals surface area contributed by atoms with Gasteiger partial charge in [0.2, 0.25) is 0 Å². The van der Waals surface area contributed by atoms with Crippen LogP contribution in [0.3, 0.4) is 0 Å². The monoisotopic (exact) mass is 261 g/mol. The van der Waals surface area contributed by atoms with Crippen molar-refractivity contribution < 1.29 is 8.78 Å². The van der Waals surface area contributed by atoms with Gasteiger partial charge in [-0.05, 0) is 17.7 Å². The Morgan fingerprint density at radius 3 is 2.84 bits per heavy atom. The zero-order chi connectivity index (χ0) is 13.2. The number of halogens is 2. The second kappa shape index (κ2) is 4.60. The normalized spacial score (nSPS) is 10.8. The average molecular weight is 261 g/mol. The van der Waals surface area contributed by atoms with Crippen LogP contribution in [0, 0.1) is 11.6 Å². The Labute approximate surface area is 106 Å². The Balaban J connectivity index is 1.82. The quantitative estimate of drug-likeness (QED) is 0.758. The summed E-state index contributed by atoms with van der Waals surface area (Å²) in [6.07, 6.45) is 2.91. The molecule has 5 nitrogen and oxygen atoms in total. The van der Waals surface area contributed by atoms with Gasteiger partial charge in [-0.15, -0.1) is 0 Å². The molecular formula is C12H9F2N5. The number of anilines is 1. The van der Waals surface area contributed by atoms with Gasteiger partial charge in [0.05, 0.1) is 6.33 Å². The number of hydrogen-bond acceptors (Lipinski definition) is 4. The summed E-state index contributed by atoms with van der Waals surface area (Å²) in [4.78, 5) is 15.0. The lowest BCUT2D eigenvalue weighted by atomic mass is 10.2. The summed E-state index contributed by atoms with van der Waals surface area (Å²) in [5.74, 6) is -1.19. The summed E-state index contributed by atoms with van der Waals surface area (Å²) >= 11 is 0. The van der Waals surface area contributed by atoms with Gasteiger partial charge < -0.3 is 10.3 Å². The van der Waals surface area contributed by atoms with Crippen LogP contribution in [0.5, 0.6) is 0 Å². The molecule has 1 aromatic carbocycles. The number of imidazole rings is 1. The van der Waals surface area contributed by atoms with Crippen LogP contribution in [0.2, 0.25) is 0 Å². The zero-order valence-electron chi connectivity index (χ0n) is 9.69. The fourth-order valence-corrected chi connectivity index (χ4v) is 1.73. The molecule has 0 saturated carbocycles. The molecule has 2 N–H and O–H groups in total. The van der Waals surface area contributed by atoms with Gasteiger partial charge in [-0.3, -0.25) is 0 Å². The fraction of sp³-hybridized carbons (Fsp3) is 0.0833. The van der Waals surface area contributed by atoms with Crippen molar-refractivity contribution in [3.63, 3.8) is 0 Å². The number of hydrogen-bond donors (Lipinski definition) is 2. The van der Waals surface area contributed by atoms with Crippen LogP contribution in [0.15, 0.2) is 30.9 Å². The predicted octanol–water partition coefficient (Wildman–Crippen LogP) is 2.24. The molecule has 0 bridgehead atoms. The number of H-pyrrole nitrogens is 1. The first-order chi connectivity index (χ1) is 9.24. The van der Waals surface area contributed by atoms with E-state index in [-0.39, 0.29) is 0 Å². The molecule has 0 unspecified atom stereocenters. The Hall–Kier alpha value is -2.57. The van der Waals surface area contributed by atoms with Crippen molar-refractivity contribution in [1.29, 1.82) is 0 Å². The van der Waals surface area contributed by atoms with Crippen molar-refractivity contribution in [2.24, 2.45) is 0 Å². The molecule has 3 aromatic rings. The van der Waals surface area contributed by atoms with E-state index in [9.17, 15) is 8.78 Å². The molecule has 0 aliphatic heterocycles. The van der Waals surface area contributed by atoms with E-state index in [4.69, 9.17) is 0 Å². The first kappa shape index (κ1) is 11.5. The summed E-state index contributed by atoms with van der Waals surface area (Å²) < 4.78 is 25.9. The van der Waals surface area contributed by atoms with Crippen LogP contribution in [0.1, 0.15) is 5.56 Å². The average Bonchev–Trinajstić information content (AvgIpc) is 2.89. The SMILES string of the molecule is Fc1ccc(CNc2ncnc3[nH]cnc23)cc1F. The van der Waals surface area contributed by atoms with Crippen LogP contribution < -0.4 is 5.32 Å². The first-order valence-corrected chi connectivity index (χ1v) is 5.56. The highest BCUT2D eigenvalue weighted by Gasteiger charge is 2.06. The molecule has 0 amide bonds. The van der Waals surface area contributed by atoms with Crippen LogP contribution in [0.4, 0.5) is 14.6 Å². The Kier molecular flexibility index (Phi) is 2.79. The van der Waals surface area contributed by atoms with Gasteiger partial charge in [-0.25, -0.2) is 23.7 Å². The number of nitrogens with one attached hydrogen (secondary N) is 2. The van der Waals surface area contributed by atoms with Gasteiger partial charge in [0.25, 0.3) is 0 Å². The Bertz CT molecular complexity index is 725. The van der Waals surface area contributed by atoms with E-state index in [0.717, 1.165) is 12.1 Å². The van der Waals surface area contributed by atoms with E-state index >= 15 is 0 Å². The fourth-order valence-electron chi connectivity index (χ4n) is 1.73. The second-order valence-corrected chi connectivity index (χ2v) is 3.92. The summed E-state index contributed by atoms with van der Waals surface area (Å²) in [6.45, 7) is 0.316. The van der Waals surface area contributed by atoms with Crippen molar-refractivity contribution in [3.05, 3.63) is 48.1 Å². The van der Waals surface area contributed by atoms with Gasteiger partial charge in [0, 0.05) is 6.54 Å². The van der Waals surface area contributed by atoms with E-state index in [0.29, 0.717) is 29.1 Å². The molecule has 96 valence electrons. The Morgan fingerprint density at radius 1 is 1.11 bits per heavy atom. The van der Waals surface area contributed by atoms with E-state index < -0.39 is 11.6 Å². The maximum absolute atomic E-state index is 13.1. The van der Waals surface area contributed by atoms with Crippen LogP contribution >= 0.6 is 0 Å². The molecule has 0 spiro atoms. The number of aromatic amines is 1. The summed E-state index contributed by atoms with van der Waals surface area (Å²) in [5.41, 5.74) is 1.83. The van der Waals surface area contributed by atoms with Crippen molar-refractivity contribution in [2.75, 3.05) is 5.32 Å². The third kappa shape index (κ3) is 2.22. The molecule has 0 aliphatic carbocycles. The smallest absolute Gasteiger partial charge is 0.162 e. The first-order valence-electron chi connectivity index (χ1n) is 5.56. The number of rotatable bonds is 3. The largest absolute Gasteiger partial charge is 0.364 e. The summed E-state index contributed by atoms with van der Waals surface area (Å²) in [6, 6.07) is 3.75. The van der Waals surface area contributed by atoms with E-state index in [2.05, 4.69) is 25.3 Å². The maximum Gasteiger partial charge on any atom is 0.162 e. The van der Waals surface area contributed by atoms with Crippen molar-refractivity contribution in [3.8, 4) is 0 Å². The third-order valence-electron chi connectivity index (χ3n) is 2.66. The Morgan fingerprint density at radius 2 is 2.00 bits per heavy atom. The third-order valence-corrected chi connectivity index (χ3v) is 2.66. The molecule has 2 heterocycles. The standard InChI is InChI=1S/C12H9F2N5/c13-8-2-1-7(3-9(8)14)4-15-11-10-12(17-5-16-10)19-6-18-11/h1-3,5-6H,4H2,(H2,15,16,17,18,19). The minimum atomic E-state index is -0.869. The number of aromatic nitrogens is 4. The molecule has 3 rings (SSSR count). The predicted molar refractivity (Wildman–Crippen MR) is 65.4 cm³/mol. The minimum absolute atomic E-state index is 0.316. The van der Waals surface area contributed by atoms with Gasteiger partial charge in [0.15, 0.2) is 23.1 Å². The van der Waals surface area contributed by atoms with Crippen LogP contribution in [-0.4, -0.2) is 19.9 Å². The van der Waals surface area contributed by atoms with Gasteiger partial charge in [-0.1, -0.05) is 6.07 Å². The number of benzene rings is 1. The lowest BCUT2D eigenvalue weighted by Gasteiger charge is -2.06. The van der Waals surface area contributed by atoms with Gasteiger partial charge in [0.1, 0.15) is 11.8 Å². The number of fused-ring (bicyclic) bond motifs is 1. The van der Waals surface area contributed by atoms with Crippen LogP contribution in [0.25, 0.3) is 11.2 Å². The second-order valence-electron chi connectivity index (χ2n) is 3.92. The molecule has 0 radical (unpaired) electrons. The molecule has 0 atom stereocenters. The molecule has 7 heteroatoms. The van der Waals surface area contributed by atoms with E-state index in [1.807, 2.05) is 0 Å². The molecule has 2 aromatic heterocycles. The zero-order valence-corrected chi connectivity index (χ0v) is 9.69. The van der Waals surface area contributed by atoms with Crippen molar-refractivity contribution in [1.82, 2.24) is 19.9 Å². The van der Waals surface area contributed by atoms with Gasteiger partial charge >= 0.3 is 0 Å². The lowest BCUT2D eigenvalue weighted by molar-refractivity contribution is 0.507. The molecule has 0 aliphatic rings. The van der Waals surface area contributed by atoms with Crippen LogP contribution in [-0.2, 0) is 6.54 Å². The summed E-state index contributed by atoms with van der Waals surface area (Å²) in [7, 11) is 0. The highest BCUT2D eigenvalue weighted by atomic mass is 19.2. The highest BCUT2D eigenvalue weighted by molar-refractivity contribution is 5.81. The minimum Gasteiger partial charge on any atom is -0.364 e. The highest BCUT2D eigenvalue weighted by Crippen LogP contribution is 2.16. The maximum atomic E-state index is 13.1. The molecule has 19 heavy (non-hydrogen) atoms. The van der Waals surface area contributed by atoms with E-state index in [1.54, 1.807) is 0 Å². The van der Waals surface area contributed by atoms with Gasteiger partial charge in [-0.2, -0.15) is 0 Å². The topological polar surface area (TPSA) is 66.5 Å². The lowest BCUT2D eigenvalue weighted by Crippen LogP contribution is -2.03. The molecule has 0 fully saturated rings. The van der Waals surface area contributed by atoms with Crippen molar-refractivity contribution in [2.45, 2.75) is 6.54 Å². The molecule has 0 saturated heterocycles. The van der Waals surface area contributed by atoms with Crippen molar-refractivity contribution >= 4 is 17.0 Å². The number of nitrogens with zero attached hydrogens (tertiary/aromatic N) is 3. The van der Waals surface area contributed by atoms with E-state index in [1.165, 1.54) is 18.7 Å². The summed E-state index contributed by atoms with van der Waals surface area (Å²) in [5, 5.41) is 3.01.